The van der Waals surface area contributed by atoms with Gasteiger partial charge in [0.25, 0.3) is 11.8 Å². The van der Waals surface area contributed by atoms with E-state index in [1.54, 1.807) is 12.1 Å². The van der Waals surface area contributed by atoms with Gasteiger partial charge in [-0.1, -0.05) is 65.5 Å². The zero-order valence-electron chi connectivity index (χ0n) is 19.0. The van der Waals surface area contributed by atoms with Gasteiger partial charge >= 0.3 is 0 Å². The number of hydroxylamine groups is 2. The number of imide groups is 1. The summed E-state index contributed by atoms with van der Waals surface area (Å²) < 4.78 is 1.42. The maximum absolute atomic E-state index is 11.1. The van der Waals surface area contributed by atoms with E-state index >= 15 is 0 Å². The number of unbranched alkanes of at least 4 members (excludes halogenated alkanes) is 4. The van der Waals surface area contributed by atoms with Crippen LogP contribution in [0.1, 0.15) is 99.8 Å². The summed E-state index contributed by atoms with van der Waals surface area (Å²) in [6.07, 6.45) is 11.1. The molecule has 2 amide bonds. The fourth-order valence-corrected chi connectivity index (χ4v) is 3.82. The number of nitrogens with zero attached hydrogens (tertiary/aromatic N) is 2. The highest BCUT2D eigenvalue weighted by Gasteiger charge is 2.34. The highest BCUT2D eigenvalue weighted by Crippen LogP contribution is 2.20. The molecule has 5 heteroatoms. The maximum Gasteiger partial charge on any atom is 0.285 e. The van der Waals surface area contributed by atoms with Gasteiger partial charge < -0.3 is 4.48 Å². The van der Waals surface area contributed by atoms with E-state index in [0.717, 1.165) is 0 Å². The summed E-state index contributed by atoms with van der Waals surface area (Å²) in [6, 6.07) is 6.30. The largest absolute Gasteiger partial charge is 0.324 e. The van der Waals surface area contributed by atoms with Gasteiger partial charge in [0.1, 0.15) is 0 Å². The number of carbonyl (C=O) groups is 2. The van der Waals surface area contributed by atoms with E-state index in [2.05, 4.69) is 27.7 Å². The summed E-state index contributed by atoms with van der Waals surface area (Å²) in [5.74, 6) is -1.31. The molecule has 0 saturated heterocycles. The van der Waals surface area contributed by atoms with Gasteiger partial charge in [0.05, 0.1) is 37.3 Å². The van der Waals surface area contributed by atoms with E-state index in [9.17, 15) is 9.59 Å². The fourth-order valence-electron chi connectivity index (χ4n) is 3.82. The predicted molar refractivity (Wildman–Crippen MR) is 118 cm³/mol. The molecule has 1 N–H and O–H groups in total. The number of hydrogen-bond donors (Lipinski definition) is 1. The minimum Gasteiger partial charge on any atom is -0.324 e. The van der Waals surface area contributed by atoms with Crippen LogP contribution >= 0.6 is 0 Å². The second-order valence-corrected chi connectivity index (χ2v) is 8.12. The molecule has 0 atom stereocenters. The first-order valence-corrected chi connectivity index (χ1v) is 11.5. The molecule has 5 nitrogen and oxygen atoms in total. The molecule has 1 aromatic rings. The van der Waals surface area contributed by atoms with Crippen LogP contribution in [0.4, 0.5) is 0 Å². The lowest BCUT2D eigenvalue weighted by atomic mass is 10.1. The Balaban J connectivity index is 0.000000304. The number of benzene rings is 1. The standard InChI is InChI=1S/C16H36N.C8H5NO3/c1-5-9-13-17(14-10-6-2,15-11-7-3)16-12-8-4;10-7-5-3-1-2-4-6(5)8(11)9(7)12/h5-16H2,1-4H3;1-4,12H/q+1;. The van der Waals surface area contributed by atoms with Gasteiger partial charge in [0, 0.05) is 0 Å². The van der Waals surface area contributed by atoms with E-state index in [1.807, 2.05) is 0 Å². The van der Waals surface area contributed by atoms with Gasteiger partial charge in [-0.3, -0.25) is 14.8 Å². The highest BCUT2D eigenvalue weighted by molar-refractivity contribution is 6.20. The molecule has 0 fully saturated rings. The third kappa shape index (κ3) is 7.56. The molecule has 0 aromatic heterocycles. The van der Waals surface area contributed by atoms with Crippen LogP contribution in [0.25, 0.3) is 0 Å². The molecule has 0 saturated carbocycles. The summed E-state index contributed by atoms with van der Waals surface area (Å²) in [7, 11) is 0. The second-order valence-electron chi connectivity index (χ2n) is 8.12. The molecule has 0 unspecified atom stereocenters. The summed E-state index contributed by atoms with van der Waals surface area (Å²) in [6.45, 7) is 15.0. The van der Waals surface area contributed by atoms with Crippen molar-refractivity contribution < 1.29 is 19.3 Å². The van der Waals surface area contributed by atoms with Gasteiger partial charge in [0.2, 0.25) is 0 Å². The van der Waals surface area contributed by atoms with E-state index in [1.165, 1.54) is 94.2 Å². The molecule has 0 radical (unpaired) electrons. The Morgan fingerprint density at radius 2 is 1.00 bits per heavy atom. The van der Waals surface area contributed by atoms with Crippen molar-refractivity contribution in [1.82, 2.24) is 5.06 Å². The molecule has 1 aliphatic heterocycles. The molecular formula is C24H41N2O3+. The summed E-state index contributed by atoms with van der Waals surface area (Å²) in [5, 5.41) is 9.05. The maximum atomic E-state index is 11.1. The smallest absolute Gasteiger partial charge is 0.285 e. The minimum atomic E-state index is -0.657. The normalized spacial score (nSPS) is 13.3. The molecule has 2 rings (SSSR count). The van der Waals surface area contributed by atoms with Crippen LogP contribution in [0.15, 0.2) is 24.3 Å². The zero-order valence-corrected chi connectivity index (χ0v) is 19.0. The lowest BCUT2D eigenvalue weighted by Gasteiger charge is -2.39. The van der Waals surface area contributed by atoms with Crippen LogP contribution in [-0.4, -0.2) is 52.7 Å². The van der Waals surface area contributed by atoms with Crippen molar-refractivity contribution in [2.24, 2.45) is 0 Å². The highest BCUT2D eigenvalue weighted by atomic mass is 16.5. The van der Waals surface area contributed by atoms with Crippen LogP contribution < -0.4 is 0 Å². The van der Waals surface area contributed by atoms with Crippen molar-refractivity contribution in [2.45, 2.75) is 79.1 Å². The first kappa shape index (κ1) is 25.3. The van der Waals surface area contributed by atoms with Crippen LogP contribution in [0, 0.1) is 0 Å². The monoisotopic (exact) mass is 405 g/mol. The number of fused-ring (bicyclic) bond motifs is 1. The molecule has 164 valence electrons. The van der Waals surface area contributed by atoms with E-state index < -0.39 is 11.8 Å². The Morgan fingerprint density at radius 3 is 1.28 bits per heavy atom. The third-order valence-corrected chi connectivity index (χ3v) is 5.72. The van der Waals surface area contributed by atoms with Crippen LogP contribution in [0.3, 0.4) is 0 Å². The zero-order chi connectivity index (χ0) is 21.7. The average molecular weight is 406 g/mol. The van der Waals surface area contributed by atoms with Crippen LogP contribution in [0.2, 0.25) is 0 Å². The fraction of sp³-hybridized carbons (Fsp3) is 0.667. The number of amides is 2. The van der Waals surface area contributed by atoms with Crippen LogP contribution in [0.5, 0.6) is 0 Å². The van der Waals surface area contributed by atoms with Gasteiger partial charge in [-0.05, 0) is 37.8 Å². The molecule has 0 aliphatic carbocycles. The molecule has 1 aromatic carbocycles. The summed E-state index contributed by atoms with van der Waals surface area (Å²) in [4.78, 5) is 22.1. The third-order valence-electron chi connectivity index (χ3n) is 5.72. The van der Waals surface area contributed by atoms with Crippen molar-refractivity contribution >= 4 is 11.8 Å². The first-order valence-electron chi connectivity index (χ1n) is 11.5. The molecule has 0 bridgehead atoms. The van der Waals surface area contributed by atoms with E-state index in [-0.39, 0.29) is 16.2 Å². The minimum absolute atomic E-state index is 0.130. The van der Waals surface area contributed by atoms with Gasteiger partial charge in [0.15, 0.2) is 0 Å². The Hall–Kier alpha value is -1.72. The van der Waals surface area contributed by atoms with Crippen molar-refractivity contribution in [1.29, 1.82) is 0 Å². The Labute approximate surface area is 177 Å². The quantitative estimate of drug-likeness (QED) is 0.277. The molecule has 1 heterocycles. The Bertz CT molecular complexity index is 558. The predicted octanol–water partition coefficient (Wildman–Crippen LogP) is 5.68. The van der Waals surface area contributed by atoms with Crippen molar-refractivity contribution in [3.63, 3.8) is 0 Å². The summed E-state index contributed by atoms with van der Waals surface area (Å²) in [5.41, 5.74) is 0.509. The van der Waals surface area contributed by atoms with Crippen LogP contribution in [-0.2, 0) is 0 Å². The van der Waals surface area contributed by atoms with Gasteiger partial charge in [-0.2, -0.15) is 0 Å². The van der Waals surface area contributed by atoms with E-state index in [0.29, 0.717) is 0 Å². The SMILES string of the molecule is CCCC[N+](CCCC)(CCCC)CCCC.O=C1c2ccccc2C(=O)N1O. The Morgan fingerprint density at radius 1 is 0.690 bits per heavy atom. The van der Waals surface area contributed by atoms with Gasteiger partial charge in [-0.15, -0.1) is 5.06 Å². The summed E-state index contributed by atoms with van der Waals surface area (Å²) >= 11 is 0. The van der Waals surface area contributed by atoms with Crippen molar-refractivity contribution in [2.75, 3.05) is 26.2 Å². The molecule has 29 heavy (non-hydrogen) atoms. The lowest BCUT2D eigenvalue weighted by Crippen LogP contribution is -2.50. The van der Waals surface area contributed by atoms with Gasteiger partial charge in [-0.25, -0.2) is 0 Å². The van der Waals surface area contributed by atoms with Crippen molar-refractivity contribution in [3.05, 3.63) is 35.4 Å². The topological polar surface area (TPSA) is 57.6 Å². The number of carbonyl (C=O) groups excluding carboxylic acids is 2. The molecular weight excluding hydrogens is 364 g/mol. The number of hydrogen-bond acceptors (Lipinski definition) is 3. The Kier molecular flexibility index (Phi) is 11.8. The second kappa shape index (κ2) is 13.5. The van der Waals surface area contributed by atoms with Crippen molar-refractivity contribution in [3.8, 4) is 0 Å². The number of rotatable bonds is 12. The average Bonchev–Trinajstić information content (AvgIpc) is 2.97. The lowest BCUT2D eigenvalue weighted by molar-refractivity contribution is -0.929. The molecule has 0 spiro atoms. The number of quaternary nitrogens is 1. The first-order chi connectivity index (χ1) is 14.0. The molecule has 1 aliphatic rings. The van der Waals surface area contributed by atoms with E-state index in [4.69, 9.17) is 5.21 Å².